The van der Waals surface area contributed by atoms with E-state index in [1.54, 1.807) is 0 Å². The average molecular weight is 282 g/mol. The number of hydrogen-bond donors (Lipinski definition) is 1. The molecule has 0 aliphatic carbocycles. The Balaban J connectivity index is 1.98. The summed E-state index contributed by atoms with van der Waals surface area (Å²) in [5.74, 6) is -0.283. The summed E-state index contributed by atoms with van der Waals surface area (Å²) < 4.78 is 0. The van der Waals surface area contributed by atoms with Crippen molar-refractivity contribution in [3.8, 4) is 0 Å². The maximum atomic E-state index is 12.5. The van der Waals surface area contributed by atoms with E-state index < -0.39 is 6.10 Å². The van der Waals surface area contributed by atoms with Gasteiger partial charge in [-0.2, -0.15) is 0 Å². The SMILES string of the molecule is CC[C@H](C(=O)c1ccccc1)[C@H](O)CCc1ccccc1. The topological polar surface area (TPSA) is 37.3 Å². The van der Waals surface area contributed by atoms with Crippen LogP contribution in [0.2, 0.25) is 0 Å². The Morgan fingerprint density at radius 2 is 1.57 bits per heavy atom. The van der Waals surface area contributed by atoms with Crippen molar-refractivity contribution >= 4 is 5.78 Å². The largest absolute Gasteiger partial charge is 0.392 e. The monoisotopic (exact) mass is 282 g/mol. The van der Waals surface area contributed by atoms with Crippen LogP contribution in [0.1, 0.15) is 35.7 Å². The van der Waals surface area contributed by atoms with Crippen LogP contribution in [-0.2, 0) is 6.42 Å². The number of carbonyl (C=O) groups excluding carboxylic acids is 1. The second-order valence-electron chi connectivity index (χ2n) is 5.34. The molecular formula is C19H22O2. The normalized spacial score (nSPS) is 13.6. The molecule has 0 unspecified atom stereocenters. The third-order valence-electron chi connectivity index (χ3n) is 3.87. The first-order valence-electron chi connectivity index (χ1n) is 7.53. The Morgan fingerprint density at radius 3 is 2.14 bits per heavy atom. The Morgan fingerprint density at radius 1 is 1.00 bits per heavy atom. The van der Waals surface area contributed by atoms with E-state index in [1.165, 1.54) is 5.56 Å². The van der Waals surface area contributed by atoms with Crippen molar-refractivity contribution in [2.45, 2.75) is 32.3 Å². The van der Waals surface area contributed by atoms with Gasteiger partial charge in [-0.25, -0.2) is 0 Å². The van der Waals surface area contributed by atoms with E-state index in [1.807, 2.05) is 67.6 Å². The van der Waals surface area contributed by atoms with Gasteiger partial charge < -0.3 is 5.11 Å². The molecule has 2 rings (SSSR count). The van der Waals surface area contributed by atoms with Crippen molar-refractivity contribution < 1.29 is 9.90 Å². The van der Waals surface area contributed by atoms with Gasteiger partial charge in [0.15, 0.2) is 5.78 Å². The molecule has 2 aromatic carbocycles. The van der Waals surface area contributed by atoms with Gasteiger partial charge in [0.05, 0.1) is 6.10 Å². The van der Waals surface area contributed by atoms with Gasteiger partial charge in [-0.05, 0) is 24.8 Å². The molecule has 21 heavy (non-hydrogen) atoms. The van der Waals surface area contributed by atoms with Crippen molar-refractivity contribution in [2.24, 2.45) is 5.92 Å². The van der Waals surface area contributed by atoms with Gasteiger partial charge >= 0.3 is 0 Å². The molecule has 0 fully saturated rings. The molecule has 2 aromatic rings. The molecule has 1 N–H and O–H groups in total. The number of carbonyl (C=O) groups is 1. The van der Waals surface area contributed by atoms with Crippen LogP contribution in [0.25, 0.3) is 0 Å². The summed E-state index contributed by atoms with van der Waals surface area (Å²) >= 11 is 0. The molecule has 2 nitrogen and oxygen atoms in total. The molecule has 0 aromatic heterocycles. The van der Waals surface area contributed by atoms with Gasteiger partial charge in [0.1, 0.15) is 0 Å². The molecule has 0 radical (unpaired) electrons. The quantitative estimate of drug-likeness (QED) is 0.782. The average Bonchev–Trinajstić information content (AvgIpc) is 2.55. The molecule has 110 valence electrons. The second kappa shape index (κ2) is 7.75. The zero-order valence-corrected chi connectivity index (χ0v) is 12.4. The van der Waals surface area contributed by atoms with E-state index in [-0.39, 0.29) is 11.7 Å². The van der Waals surface area contributed by atoms with Crippen LogP contribution in [0.15, 0.2) is 60.7 Å². The van der Waals surface area contributed by atoms with Crippen LogP contribution < -0.4 is 0 Å². The number of hydrogen-bond acceptors (Lipinski definition) is 2. The van der Waals surface area contributed by atoms with Crippen molar-refractivity contribution in [1.82, 2.24) is 0 Å². The first kappa shape index (κ1) is 15.5. The maximum absolute atomic E-state index is 12.5. The highest BCUT2D eigenvalue weighted by Crippen LogP contribution is 2.20. The van der Waals surface area contributed by atoms with E-state index in [4.69, 9.17) is 0 Å². The fraction of sp³-hybridized carbons (Fsp3) is 0.316. The first-order chi connectivity index (χ1) is 10.2. The predicted molar refractivity (Wildman–Crippen MR) is 85.3 cm³/mol. The fourth-order valence-electron chi connectivity index (χ4n) is 2.61. The first-order valence-corrected chi connectivity index (χ1v) is 7.53. The summed E-state index contributed by atoms with van der Waals surface area (Å²) in [5.41, 5.74) is 1.88. The number of aliphatic hydroxyl groups excluding tert-OH is 1. The van der Waals surface area contributed by atoms with Crippen LogP contribution in [0.4, 0.5) is 0 Å². The lowest BCUT2D eigenvalue weighted by Gasteiger charge is -2.20. The minimum atomic E-state index is -0.595. The maximum Gasteiger partial charge on any atom is 0.168 e. The van der Waals surface area contributed by atoms with E-state index >= 15 is 0 Å². The highest BCUT2D eigenvalue weighted by atomic mass is 16.3. The van der Waals surface area contributed by atoms with Gasteiger partial charge in [0.25, 0.3) is 0 Å². The highest BCUT2D eigenvalue weighted by molar-refractivity contribution is 5.98. The van der Waals surface area contributed by atoms with Gasteiger partial charge in [-0.1, -0.05) is 67.6 Å². The molecule has 0 aliphatic heterocycles. The molecule has 0 saturated carbocycles. The Bertz CT molecular complexity index is 548. The smallest absolute Gasteiger partial charge is 0.168 e. The van der Waals surface area contributed by atoms with Gasteiger partial charge in [-0.15, -0.1) is 0 Å². The third-order valence-corrected chi connectivity index (χ3v) is 3.87. The van der Waals surface area contributed by atoms with E-state index in [2.05, 4.69) is 0 Å². The standard InChI is InChI=1S/C19H22O2/c1-2-17(19(21)16-11-7-4-8-12-16)18(20)14-13-15-9-5-3-6-10-15/h3-12,17-18,20H,2,13-14H2,1H3/t17-,18+/m0/s1. The zero-order valence-electron chi connectivity index (χ0n) is 12.4. The van der Waals surface area contributed by atoms with E-state index in [0.29, 0.717) is 18.4 Å². The summed E-state index contributed by atoms with van der Waals surface area (Å²) in [5, 5.41) is 10.4. The number of rotatable bonds is 7. The Kier molecular flexibility index (Phi) is 5.70. The minimum Gasteiger partial charge on any atom is -0.392 e. The van der Waals surface area contributed by atoms with Crippen molar-refractivity contribution in [2.75, 3.05) is 0 Å². The van der Waals surface area contributed by atoms with Crippen LogP contribution in [0, 0.1) is 5.92 Å². The summed E-state index contributed by atoms with van der Waals surface area (Å²) in [4.78, 5) is 12.5. The lowest BCUT2D eigenvalue weighted by Crippen LogP contribution is -2.28. The van der Waals surface area contributed by atoms with Crippen LogP contribution in [0.3, 0.4) is 0 Å². The summed E-state index contributed by atoms with van der Waals surface area (Å²) in [6.07, 6.45) is 1.47. The molecule has 2 atom stereocenters. The van der Waals surface area contributed by atoms with E-state index in [0.717, 1.165) is 6.42 Å². The summed E-state index contributed by atoms with van der Waals surface area (Å²) in [7, 11) is 0. The van der Waals surface area contributed by atoms with Crippen molar-refractivity contribution in [1.29, 1.82) is 0 Å². The lowest BCUT2D eigenvalue weighted by atomic mass is 9.87. The number of aryl methyl sites for hydroxylation is 1. The number of benzene rings is 2. The van der Waals surface area contributed by atoms with Crippen LogP contribution >= 0.6 is 0 Å². The van der Waals surface area contributed by atoms with Crippen LogP contribution in [0.5, 0.6) is 0 Å². The number of Topliss-reactive ketones (excluding diaryl/α,β-unsaturated/α-hetero) is 1. The Hall–Kier alpha value is -1.93. The summed E-state index contributed by atoms with van der Waals surface area (Å²) in [6.45, 7) is 1.96. The van der Waals surface area contributed by atoms with Gasteiger partial charge in [0.2, 0.25) is 0 Å². The second-order valence-corrected chi connectivity index (χ2v) is 5.34. The van der Waals surface area contributed by atoms with Crippen LogP contribution in [-0.4, -0.2) is 17.0 Å². The fourth-order valence-corrected chi connectivity index (χ4v) is 2.61. The number of ketones is 1. The Labute approximate surface area is 126 Å². The molecule has 2 heteroatoms. The van der Waals surface area contributed by atoms with Gasteiger partial charge in [0, 0.05) is 11.5 Å². The predicted octanol–water partition coefficient (Wildman–Crippen LogP) is 3.89. The molecule has 0 saturated heterocycles. The molecule has 0 aliphatic rings. The summed E-state index contributed by atoms with van der Waals surface area (Å²) in [6, 6.07) is 19.3. The molecular weight excluding hydrogens is 260 g/mol. The molecule has 0 bridgehead atoms. The minimum absolute atomic E-state index is 0.0404. The van der Waals surface area contributed by atoms with Crippen molar-refractivity contribution in [3.63, 3.8) is 0 Å². The molecule has 0 heterocycles. The molecule has 0 spiro atoms. The van der Waals surface area contributed by atoms with E-state index in [9.17, 15) is 9.90 Å². The lowest BCUT2D eigenvalue weighted by molar-refractivity contribution is 0.0644. The van der Waals surface area contributed by atoms with Gasteiger partial charge in [-0.3, -0.25) is 4.79 Å². The van der Waals surface area contributed by atoms with Crippen molar-refractivity contribution in [3.05, 3.63) is 71.8 Å². The third kappa shape index (κ3) is 4.27. The zero-order chi connectivity index (χ0) is 15.1. The molecule has 0 amide bonds. The highest BCUT2D eigenvalue weighted by Gasteiger charge is 2.25. The number of aliphatic hydroxyl groups is 1.